The van der Waals surface area contributed by atoms with Crippen LogP contribution in [0.25, 0.3) is 0 Å². The molecule has 0 fully saturated rings. The Hall–Kier alpha value is -1.93. The summed E-state index contributed by atoms with van der Waals surface area (Å²) in [4.78, 5) is 0.968. The molecule has 2 rings (SSSR count). The first-order chi connectivity index (χ1) is 11.7. The predicted molar refractivity (Wildman–Crippen MR) is 94.4 cm³/mol. The molecule has 2 aromatic carbocycles. The van der Waals surface area contributed by atoms with Gasteiger partial charge in [-0.3, -0.25) is 4.31 Å². The predicted octanol–water partition coefficient (Wildman–Crippen LogP) is 4.81. The number of benzene rings is 2. The smallest absolute Gasteiger partial charge is 0.263 e. The molecule has 0 saturated heterocycles. The summed E-state index contributed by atoms with van der Waals surface area (Å²) in [7, 11) is -3.92. The number of halogens is 3. The van der Waals surface area contributed by atoms with E-state index in [1.165, 1.54) is 30.0 Å². The van der Waals surface area contributed by atoms with Crippen LogP contribution < -0.4 is 4.31 Å². The van der Waals surface area contributed by atoms with Crippen molar-refractivity contribution in [3.63, 3.8) is 0 Å². The van der Waals surface area contributed by atoms with E-state index in [0.717, 1.165) is 33.5 Å². The fourth-order valence-corrected chi connectivity index (χ4v) is 3.99. The van der Waals surface area contributed by atoms with Crippen molar-refractivity contribution >= 4 is 27.5 Å². The summed E-state index contributed by atoms with van der Waals surface area (Å²) in [5, 5.41) is 0. The Kier molecular flexibility index (Phi) is 5.84. The molecule has 8 heteroatoms. The topological polar surface area (TPSA) is 37.4 Å². The molecule has 0 N–H and O–H groups in total. The van der Waals surface area contributed by atoms with Crippen LogP contribution >= 0.6 is 11.8 Å². The van der Waals surface area contributed by atoms with E-state index in [1.807, 2.05) is 6.26 Å². The van der Waals surface area contributed by atoms with Gasteiger partial charge in [0.1, 0.15) is 0 Å². The molecule has 134 valence electrons. The summed E-state index contributed by atoms with van der Waals surface area (Å²) in [5.74, 6) is 0. The lowest BCUT2D eigenvalue weighted by Crippen LogP contribution is -2.31. The van der Waals surface area contributed by atoms with Gasteiger partial charge < -0.3 is 0 Å². The van der Waals surface area contributed by atoms with Gasteiger partial charge >= 0.3 is 6.18 Å². The molecule has 0 saturated carbocycles. The highest BCUT2D eigenvalue weighted by Gasteiger charge is 2.31. The van der Waals surface area contributed by atoms with Crippen molar-refractivity contribution in [2.75, 3.05) is 17.1 Å². The van der Waals surface area contributed by atoms with Crippen molar-refractivity contribution in [3.05, 3.63) is 66.7 Å². The van der Waals surface area contributed by atoms with Crippen molar-refractivity contribution in [3.8, 4) is 0 Å². The van der Waals surface area contributed by atoms with Crippen LogP contribution in [0.1, 0.15) is 5.56 Å². The minimum atomic E-state index is -4.48. The molecule has 0 bridgehead atoms. The third kappa shape index (κ3) is 4.38. The van der Waals surface area contributed by atoms with E-state index >= 15 is 0 Å². The highest BCUT2D eigenvalue weighted by molar-refractivity contribution is 7.98. The van der Waals surface area contributed by atoms with Gasteiger partial charge in [-0.05, 0) is 54.8 Å². The van der Waals surface area contributed by atoms with E-state index in [1.54, 1.807) is 12.1 Å². The fraction of sp³-hybridized carbons (Fsp3) is 0.176. The molecule has 25 heavy (non-hydrogen) atoms. The Morgan fingerprint density at radius 3 is 2.08 bits per heavy atom. The van der Waals surface area contributed by atoms with E-state index in [2.05, 4.69) is 6.58 Å². The van der Waals surface area contributed by atoms with Crippen molar-refractivity contribution in [2.45, 2.75) is 16.0 Å². The largest absolute Gasteiger partial charge is 0.416 e. The van der Waals surface area contributed by atoms with Gasteiger partial charge in [0.05, 0.1) is 22.7 Å². The van der Waals surface area contributed by atoms with Crippen LogP contribution in [-0.2, 0) is 16.2 Å². The number of nitrogens with zero attached hydrogens (tertiary/aromatic N) is 1. The van der Waals surface area contributed by atoms with E-state index < -0.39 is 21.8 Å². The maximum absolute atomic E-state index is 12.9. The second kappa shape index (κ2) is 7.53. The standard InChI is InChI=1S/C17H16F3NO2S2/c1-3-12-21(14-6-4-13(5-7-14)17(18,19)20)25(22,23)16-10-8-15(24-2)9-11-16/h3-11H,1,12H2,2H3. The van der Waals surface area contributed by atoms with Gasteiger partial charge in [-0.15, -0.1) is 18.3 Å². The summed E-state index contributed by atoms with van der Waals surface area (Å²) >= 11 is 1.48. The minimum absolute atomic E-state index is 0.0576. The lowest BCUT2D eigenvalue weighted by Gasteiger charge is -2.23. The molecule has 0 unspecified atom stereocenters. The minimum Gasteiger partial charge on any atom is -0.263 e. The van der Waals surface area contributed by atoms with Crippen LogP contribution in [0, 0.1) is 0 Å². The molecule has 0 spiro atoms. The van der Waals surface area contributed by atoms with Crippen LogP contribution in [0.2, 0.25) is 0 Å². The molecule has 0 aromatic heterocycles. The Morgan fingerprint density at radius 2 is 1.64 bits per heavy atom. The Morgan fingerprint density at radius 1 is 1.08 bits per heavy atom. The molecule has 0 radical (unpaired) electrons. The van der Waals surface area contributed by atoms with Crippen molar-refractivity contribution in [1.29, 1.82) is 0 Å². The average molecular weight is 387 g/mol. The quantitative estimate of drug-likeness (QED) is 0.527. The van der Waals surface area contributed by atoms with Gasteiger partial charge in [-0.25, -0.2) is 8.42 Å². The number of anilines is 1. The average Bonchev–Trinajstić information content (AvgIpc) is 2.59. The van der Waals surface area contributed by atoms with Crippen molar-refractivity contribution < 1.29 is 21.6 Å². The number of alkyl halides is 3. The first-order valence-electron chi connectivity index (χ1n) is 7.15. The molecule has 0 atom stereocenters. The molecule has 3 nitrogen and oxygen atoms in total. The zero-order valence-corrected chi connectivity index (χ0v) is 15.0. The Bertz CT molecular complexity index is 830. The van der Waals surface area contributed by atoms with Crippen molar-refractivity contribution in [2.24, 2.45) is 0 Å². The lowest BCUT2D eigenvalue weighted by molar-refractivity contribution is -0.137. The number of sulfonamides is 1. The fourth-order valence-electron chi connectivity index (χ4n) is 2.15. The van der Waals surface area contributed by atoms with Gasteiger partial charge in [0.2, 0.25) is 0 Å². The van der Waals surface area contributed by atoms with Crippen molar-refractivity contribution in [1.82, 2.24) is 0 Å². The zero-order valence-electron chi connectivity index (χ0n) is 13.3. The van der Waals surface area contributed by atoms with Gasteiger partial charge in [-0.1, -0.05) is 6.08 Å². The van der Waals surface area contributed by atoms with E-state index in [0.29, 0.717) is 0 Å². The third-order valence-electron chi connectivity index (χ3n) is 3.42. The summed E-state index contributed by atoms with van der Waals surface area (Å²) in [6.45, 7) is 3.47. The van der Waals surface area contributed by atoms with Gasteiger partial charge in [0.15, 0.2) is 0 Å². The van der Waals surface area contributed by atoms with E-state index in [4.69, 9.17) is 0 Å². The van der Waals surface area contributed by atoms with Crippen LogP contribution in [0.4, 0.5) is 18.9 Å². The van der Waals surface area contributed by atoms with E-state index in [-0.39, 0.29) is 17.1 Å². The first kappa shape index (κ1) is 19.4. The molecule has 0 aliphatic rings. The molecular formula is C17H16F3NO2S2. The lowest BCUT2D eigenvalue weighted by atomic mass is 10.2. The zero-order chi connectivity index (χ0) is 18.7. The SMILES string of the molecule is C=CCN(c1ccc(C(F)(F)F)cc1)S(=O)(=O)c1ccc(SC)cc1. The van der Waals surface area contributed by atoms with Crippen LogP contribution in [0.5, 0.6) is 0 Å². The number of hydrogen-bond acceptors (Lipinski definition) is 3. The Balaban J connectivity index is 2.43. The Labute approximate surface area is 149 Å². The van der Waals surface area contributed by atoms with Crippen LogP contribution in [0.15, 0.2) is 71.0 Å². The highest BCUT2D eigenvalue weighted by Crippen LogP contribution is 2.32. The number of hydrogen-bond donors (Lipinski definition) is 0. The molecule has 0 aliphatic carbocycles. The molecule has 0 amide bonds. The van der Waals surface area contributed by atoms with Gasteiger partial charge in [-0.2, -0.15) is 13.2 Å². The third-order valence-corrected chi connectivity index (χ3v) is 5.98. The maximum Gasteiger partial charge on any atom is 0.416 e. The molecule has 2 aromatic rings. The van der Waals surface area contributed by atoms with Crippen LogP contribution in [-0.4, -0.2) is 21.2 Å². The molecular weight excluding hydrogens is 371 g/mol. The normalized spacial score (nSPS) is 12.0. The highest BCUT2D eigenvalue weighted by atomic mass is 32.2. The first-order valence-corrected chi connectivity index (χ1v) is 9.81. The summed E-state index contributed by atoms with van der Waals surface area (Å²) in [6, 6.07) is 10.3. The second-order valence-electron chi connectivity index (χ2n) is 5.04. The number of rotatable bonds is 6. The second-order valence-corrected chi connectivity index (χ2v) is 7.79. The van der Waals surface area contributed by atoms with Gasteiger partial charge in [0.25, 0.3) is 10.0 Å². The van der Waals surface area contributed by atoms with Gasteiger partial charge in [0, 0.05) is 4.90 Å². The summed E-state index contributed by atoms with van der Waals surface area (Å²) in [5.41, 5.74) is -0.696. The number of thioether (sulfide) groups is 1. The summed E-state index contributed by atoms with van der Waals surface area (Å²) < 4.78 is 64.8. The molecule has 0 aliphatic heterocycles. The molecule has 0 heterocycles. The van der Waals surface area contributed by atoms with Crippen LogP contribution in [0.3, 0.4) is 0 Å². The monoisotopic (exact) mass is 387 g/mol. The van der Waals surface area contributed by atoms with E-state index in [9.17, 15) is 21.6 Å². The maximum atomic E-state index is 12.9. The summed E-state index contributed by atoms with van der Waals surface area (Å²) in [6.07, 6.45) is -1.23.